The van der Waals surface area contributed by atoms with Gasteiger partial charge in [0.15, 0.2) is 6.54 Å². The van der Waals surface area contributed by atoms with E-state index >= 15 is 0 Å². The second-order valence-electron chi connectivity index (χ2n) is 7.07. The number of anilines is 1. The van der Waals surface area contributed by atoms with Crippen LogP contribution in [0.5, 0.6) is 0 Å². The first-order valence-corrected chi connectivity index (χ1v) is 10.6. The Balaban J connectivity index is 1.59. The molecule has 3 rings (SSSR count). The molecular formula is C19H28N3O5S+. The molecule has 0 spiro atoms. The van der Waals surface area contributed by atoms with Crippen LogP contribution in [0.4, 0.5) is 9.80 Å². The third-order valence-corrected chi connectivity index (χ3v) is 6.43. The molecule has 1 aliphatic carbocycles. The van der Waals surface area contributed by atoms with E-state index in [1.165, 1.54) is 23.3 Å². The van der Waals surface area contributed by atoms with Crippen molar-refractivity contribution in [1.29, 1.82) is 0 Å². The molecule has 2 amide bonds. The van der Waals surface area contributed by atoms with Crippen LogP contribution in [-0.2, 0) is 27.1 Å². The molecule has 1 aromatic rings. The fraction of sp³-hybridized carbons (Fsp3) is 0.632. The van der Waals surface area contributed by atoms with E-state index < -0.39 is 0 Å². The second kappa shape index (κ2) is 9.38. The number of quaternary nitrogens is 1. The van der Waals surface area contributed by atoms with E-state index in [0.29, 0.717) is 49.9 Å². The molecule has 0 aromatic carbocycles. The molecule has 0 radical (unpaired) electrons. The Labute approximate surface area is 168 Å². The van der Waals surface area contributed by atoms with Crippen LogP contribution >= 0.6 is 11.3 Å². The minimum absolute atomic E-state index is 0.122. The van der Waals surface area contributed by atoms with E-state index in [0.717, 1.165) is 36.1 Å². The Kier molecular flexibility index (Phi) is 6.90. The molecule has 2 heterocycles. The first kappa shape index (κ1) is 20.6. The van der Waals surface area contributed by atoms with Gasteiger partial charge < -0.3 is 19.7 Å². The average molecular weight is 411 g/mol. The number of methoxy groups -OCH3 is 1. The van der Waals surface area contributed by atoms with Crippen LogP contribution in [0.1, 0.15) is 40.6 Å². The molecule has 154 valence electrons. The van der Waals surface area contributed by atoms with Crippen LogP contribution in [0, 0.1) is 0 Å². The number of hydrogen-bond acceptors (Lipinski definition) is 6. The van der Waals surface area contributed by atoms with Gasteiger partial charge in [0.2, 0.25) is 0 Å². The normalized spacial score (nSPS) is 17.0. The van der Waals surface area contributed by atoms with Crippen LogP contribution in [0.25, 0.3) is 0 Å². The van der Waals surface area contributed by atoms with Gasteiger partial charge in [-0.2, -0.15) is 0 Å². The molecule has 0 atom stereocenters. The van der Waals surface area contributed by atoms with E-state index in [2.05, 4.69) is 5.32 Å². The number of fused-ring (bicyclic) bond motifs is 1. The standard InChI is InChI=1S/C19H27N3O5S/c1-3-27-19(25)22-10-8-21(9-11-22)12-15(23)20-17-16(18(24)26-2)13-6-4-5-7-14(13)28-17/h3-12H2,1-2H3,(H,20,23)/p+1. The van der Waals surface area contributed by atoms with E-state index in [9.17, 15) is 14.4 Å². The number of ether oxygens (including phenoxy) is 2. The molecular weight excluding hydrogens is 382 g/mol. The summed E-state index contributed by atoms with van der Waals surface area (Å²) in [6.45, 7) is 4.98. The summed E-state index contributed by atoms with van der Waals surface area (Å²) in [6, 6.07) is 0. The summed E-state index contributed by atoms with van der Waals surface area (Å²) in [5, 5.41) is 3.54. The van der Waals surface area contributed by atoms with Crippen molar-refractivity contribution in [2.75, 3.05) is 51.8 Å². The van der Waals surface area contributed by atoms with Crippen LogP contribution in [-0.4, -0.2) is 69.3 Å². The number of rotatable bonds is 5. The van der Waals surface area contributed by atoms with Crippen molar-refractivity contribution in [2.24, 2.45) is 0 Å². The third kappa shape index (κ3) is 4.64. The van der Waals surface area contributed by atoms with Gasteiger partial charge in [-0.05, 0) is 38.2 Å². The number of hydrogen-bond donors (Lipinski definition) is 2. The molecule has 1 fully saturated rings. The number of nitrogens with one attached hydrogen (secondary N) is 2. The van der Waals surface area contributed by atoms with Gasteiger partial charge in [-0.1, -0.05) is 0 Å². The Morgan fingerprint density at radius 1 is 1.18 bits per heavy atom. The van der Waals surface area contributed by atoms with Crippen molar-refractivity contribution >= 4 is 34.3 Å². The zero-order valence-corrected chi connectivity index (χ0v) is 17.3. The molecule has 1 saturated heterocycles. The predicted octanol–water partition coefficient (Wildman–Crippen LogP) is 0.709. The summed E-state index contributed by atoms with van der Waals surface area (Å²) in [7, 11) is 1.37. The number of nitrogens with zero attached hydrogens (tertiary/aromatic N) is 1. The lowest BCUT2D eigenvalue weighted by Crippen LogP contribution is -3.15. The number of carbonyl (C=O) groups is 3. The molecule has 8 nitrogen and oxygen atoms in total. The fourth-order valence-corrected chi connectivity index (χ4v) is 5.06. The highest BCUT2D eigenvalue weighted by atomic mass is 32.1. The molecule has 2 N–H and O–H groups in total. The topological polar surface area (TPSA) is 89.4 Å². The zero-order valence-electron chi connectivity index (χ0n) is 16.5. The van der Waals surface area contributed by atoms with Crippen LogP contribution in [0.2, 0.25) is 0 Å². The predicted molar refractivity (Wildman–Crippen MR) is 105 cm³/mol. The van der Waals surface area contributed by atoms with Crippen molar-refractivity contribution in [1.82, 2.24) is 4.90 Å². The summed E-state index contributed by atoms with van der Waals surface area (Å²) in [5.41, 5.74) is 1.56. The van der Waals surface area contributed by atoms with Gasteiger partial charge in [0.25, 0.3) is 5.91 Å². The second-order valence-corrected chi connectivity index (χ2v) is 8.17. The molecule has 0 saturated carbocycles. The van der Waals surface area contributed by atoms with Crippen LogP contribution < -0.4 is 10.2 Å². The van der Waals surface area contributed by atoms with Gasteiger partial charge in [-0.25, -0.2) is 9.59 Å². The van der Waals surface area contributed by atoms with Crippen molar-refractivity contribution in [3.8, 4) is 0 Å². The molecule has 0 bridgehead atoms. The quantitative estimate of drug-likeness (QED) is 0.698. The maximum absolute atomic E-state index is 12.6. The summed E-state index contributed by atoms with van der Waals surface area (Å²) in [4.78, 5) is 40.6. The zero-order chi connectivity index (χ0) is 20.1. The Bertz CT molecular complexity index is 740. The Morgan fingerprint density at radius 2 is 1.89 bits per heavy atom. The van der Waals surface area contributed by atoms with Crippen molar-refractivity contribution in [3.05, 3.63) is 16.0 Å². The summed E-state index contributed by atoms with van der Waals surface area (Å²) in [6.07, 6.45) is 3.67. The van der Waals surface area contributed by atoms with E-state index in [4.69, 9.17) is 9.47 Å². The van der Waals surface area contributed by atoms with Gasteiger partial charge in [-0.15, -0.1) is 11.3 Å². The van der Waals surface area contributed by atoms with Gasteiger partial charge in [-0.3, -0.25) is 9.69 Å². The third-order valence-electron chi connectivity index (χ3n) is 5.22. The fourth-order valence-electron chi connectivity index (χ4n) is 3.77. The SMILES string of the molecule is CCOC(=O)N1CC[NH+](CC(=O)Nc2sc3c(c2C(=O)OC)CCCC3)CC1. The average Bonchev–Trinajstić information content (AvgIpc) is 3.05. The van der Waals surface area contributed by atoms with Crippen molar-refractivity contribution in [3.63, 3.8) is 0 Å². The lowest BCUT2D eigenvalue weighted by molar-refractivity contribution is -0.895. The van der Waals surface area contributed by atoms with Gasteiger partial charge in [0.05, 0.1) is 45.5 Å². The maximum Gasteiger partial charge on any atom is 0.410 e. The monoisotopic (exact) mass is 410 g/mol. The summed E-state index contributed by atoms with van der Waals surface area (Å²) in [5.74, 6) is -0.506. The van der Waals surface area contributed by atoms with Gasteiger partial charge >= 0.3 is 12.1 Å². The van der Waals surface area contributed by atoms with Crippen molar-refractivity contribution < 1.29 is 28.8 Å². The Morgan fingerprint density at radius 3 is 2.57 bits per heavy atom. The number of amides is 2. The molecule has 1 aliphatic heterocycles. The Hall–Kier alpha value is -2.13. The highest BCUT2D eigenvalue weighted by Gasteiger charge is 2.29. The van der Waals surface area contributed by atoms with E-state index in [1.54, 1.807) is 11.8 Å². The first-order chi connectivity index (χ1) is 13.5. The van der Waals surface area contributed by atoms with Crippen molar-refractivity contribution in [2.45, 2.75) is 32.6 Å². The molecule has 9 heteroatoms. The molecule has 1 aromatic heterocycles. The molecule has 2 aliphatic rings. The van der Waals surface area contributed by atoms with E-state index in [-0.39, 0.29) is 18.0 Å². The minimum atomic E-state index is -0.384. The van der Waals surface area contributed by atoms with Crippen LogP contribution in [0.3, 0.4) is 0 Å². The summed E-state index contributed by atoms with van der Waals surface area (Å²) < 4.78 is 9.97. The van der Waals surface area contributed by atoms with Gasteiger partial charge in [0, 0.05) is 4.88 Å². The number of thiophene rings is 1. The molecule has 28 heavy (non-hydrogen) atoms. The lowest BCUT2D eigenvalue weighted by atomic mass is 9.95. The van der Waals surface area contributed by atoms with Crippen LogP contribution in [0.15, 0.2) is 0 Å². The first-order valence-electron chi connectivity index (χ1n) is 9.81. The number of esters is 1. The number of carbonyl (C=O) groups excluding carboxylic acids is 3. The summed E-state index contributed by atoms with van der Waals surface area (Å²) >= 11 is 1.49. The largest absolute Gasteiger partial charge is 0.465 e. The minimum Gasteiger partial charge on any atom is -0.465 e. The maximum atomic E-state index is 12.6. The highest BCUT2D eigenvalue weighted by Crippen LogP contribution is 2.38. The smallest absolute Gasteiger partial charge is 0.410 e. The molecule has 0 unspecified atom stereocenters. The van der Waals surface area contributed by atoms with Gasteiger partial charge in [0.1, 0.15) is 5.00 Å². The lowest BCUT2D eigenvalue weighted by Gasteiger charge is -2.31. The highest BCUT2D eigenvalue weighted by molar-refractivity contribution is 7.17. The number of piperazine rings is 1. The number of aryl methyl sites for hydroxylation is 1. The van der Waals surface area contributed by atoms with E-state index in [1.807, 2.05) is 0 Å².